The minimum Gasteiger partial charge on any atom is -0.206 e. The summed E-state index contributed by atoms with van der Waals surface area (Å²) in [6.45, 7) is 2.04. The summed E-state index contributed by atoms with van der Waals surface area (Å²) in [6, 6.07) is 12.8. The average molecular weight is 455 g/mol. The Morgan fingerprint density at radius 1 is 0.839 bits per heavy atom. The van der Waals surface area contributed by atoms with Crippen LogP contribution in [0.25, 0.3) is 28.3 Å². The molecule has 0 nitrogen and oxygen atoms in total. The molecule has 0 amide bonds. The Kier molecular flexibility index (Phi) is 6.80. The molecule has 0 aliphatic rings. The van der Waals surface area contributed by atoms with E-state index in [2.05, 4.69) is 0 Å². The highest BCUT2D eigenvalue weighted by atomic mass is 35.5. The van der Waals surface area contributed by atoms with Gasteiger partial charge in [-0.25, -0.2) is 13.2 Å². The van der Waals surface area contributed by atoms with Crippen LogP contribution in [0, 0.1) is 17.5 Å². The van der Waals surface area contributed by atoms with E-state index in [1.807, 2.05) is 19.1 Å². The van der Waals surface area contributed by atoms with Crippen molar-refractivity contribution in [2.24, 2.45) is 0 Å². The van der Waals surface area contributed by atoms with Gasteiger partial charge in [0.25, 0.3) is 0 Å². The van der Waals surface area contributed by atoms with Crippen molar-refractivity contribution in [1.29, 1.82) is 0 Å². The fourth-order valence-electron chi connectivity index (χ4n) is 3.17. The fourth-order valence-corrected chi connectivity index (χ4v) is 3.28. The Morgan fingerprint density at radius 3 is 1.90 bits per heavy atom. The number of aryl methyl sites for hydroxylation is 1. The van der Waals surface area contributed by atoms with E-state index < -0.39 is 34.2 Å². The minimum absolute atomic E-state index is 0.0148. The molecule has 0 atom stereocenters. The number of benzene rings is 3. The quantitative estimate of drug-likeness (QED) is 0.339. The molecule has 0 saturated carbocycles. The minimum atomic E-state index is -4.81. The Labute approximate surface area is 180 Å². The van der Waals surface area contributed by atoms with E-state index in [-0.39, 0.29) is 16.7 Å². The van der Waals surface area contributed by atoms with Crippen molar-refractivity contribution in [3.05, 3.63) is 88.2 Å². The molecule has 0 saturated heterocycles. The molecule has 0 aromatic heterocycles. The van der Waals surface area contributed by atoms with E-state index in [1.165, 1.54) is 18.2 Å². The normalized spacial score (nSPS) is 12.3. The number of rotatable bonds is 5. The first-order valence-electron chi connectivity index (χ1n) is 9.43. The predicted molar refractivity (Wildman–Crippen MR) is 111 cm³/mol. The summed E-state index contributed by atoms with van der Waals surface area (Å²) in [6.07, 6.45) is -2.54. The van der Waals surface area contributed by atoms with Crippen LogP contribution in [0.5, 0.6) is 0 Å². The standard InChI is InChI=1S/C24H17ClF6/c1-2-3-14-4-6-15(7-5-14)18-10-11-19(23(28)22(18)27)16-8-9-17(20(26)12-16)13-21(25)24(29,30)31/h4-13H,2-3H2,1H3/b21-13-. The van der Waals surface area contributed by atoms with Crippen LogP contribution in [0.2, 0.25) is 0 Å². The van der Waals surface area contributed by atoms with E-state index in [9.17, 15) is 26.3 Å². The van der Waals surface area contributed by atoms with Gasteiger partial charge in [-0.1, -0.05) is 73.5 Å². The molecule has 0 aliphatic carbocycles. The summed E-state index contributed by atoms with van der Waals surface area (Å²) in [4.78, 5) is 0. The van der Waals surface area contributed by atoms with Crippen molar-refractivity contribution in [1.82, 2.24) is 0 Å². The first-order valence-corrected chi connectivity index (χ1v) is 9.81. The summed E-state index contributed by atoms with van der Waals surface area (Å²) in [5.41, 5.74) is 0.992. The summed E-state index contributed by atoms with van der Waals surface area (Å²) in [7, 11) is 0. The Morgan fingerprint density at radius 2 is 1.39 bits per heavy atom. The molecule has 0 fully saturated rings. The summed E-state index contributed by atoms with van der Waals surface area (Å²) < 4.78 is 81.4. The third kappa shape index (κ3) is 5.13. The van der Waals surface area contributed by atoms with Gasteiger partial charge in [0.15, 0.2) is 11.6 Å². The lowest BCUT2D eigenvalue weighted by molar-refractivity contribution is -0.0836. The second-order valence-corrected chi connectivity index (χ2v) is 7.37. The van der Waals surface area contributed by atoms with Gasteiger partial charge in [0.1, 0.15) is 10.8 Å². The maximum Gasteiger partial charge on any atom is 0.426 e. The molecule has 3 aromatic rings. The number of allylic oxidation sites excluding steroid dienone is 1. The van der Waals surface area contributed by atoms with E-state index in [1.54, 1.807) is 12.1 Å². The molecule has 0 radical (unpaired) electrons. The van der Waals surface area contributed by atoms with Crippen molar-refractivity contribution in [2.75, 3.05) is 0 Å². The van der Waals surface area contributed by atoms with Crippen LogP contribution in [0.3, 0.4) is 0 Å². The van der Waals surface area contributed by atoms with Gasteiger partial charge in [0.05, 0.1) is 0 Å². The molecular weight excluding hydrogens is 438 g/mol. The van der Waals surface area contributed by atoms with E-state index in [0.717, 1.165) is 30.5 Å². The van der Waals surface area contributed by atoms with Crippen LogP contribution in [0.4, 0.5) is 26.3 Å². The molecule has 7 heteroatoms. The second-order valence-electron chi connectivity index (χ2n) is 6.96. The monoisotopic (exact) mass is 454 g/mol. The SMILES string of the molecule is CCCc1ccc(-c2ccc(-c3ccc(/C=C(\Cl)C(F)(F)F)c(F)c3)c(F)c2F)cc1. The van der Waals surface area contributed by atoms with E-state index in [4.69, 9.17) is 11.6 Å². The number of hydrogen-bond acceptors (Lipinski definition) is 0. The first-order chi connectivity index (χ1) is 14.6. The van der Waals surface area contributed by atoms with Crippen LogP contribution in [0.1, 0.15) is 24.5 Å². The lowest BCUT2D eigenvalue weighted by Gasteiger charge is -2.11. The molecule has 0 spiro atoms. The Balaban J connectivity index is 1.95. The molecule has 0 N–H and O–H groups in total. The van der Waals surface area contributed by atoms with Crippen LogP contribution in [0.15, 0.2) is 59.6 Å². The van der Waals surface area contributed by atoms with Crippen molar-refractivity contribution >= 4 is 17.7 Å². The maximum absolute atomic E-state index is 14.8. The highest BCUT2D eigenvalue weighted by molar-refractivity contribution is 6.32. The molecular formula is C24H17ClF6. The number of hydrogen-bond donors (Lipinski definition) is 0. The highest BCUT2D eigenvalue weighted by Gasteiger charge is 2.32. The van der Waals surface area contributed by atoms with Gasteiger partial charge in [0, 0.05) is 16.7 Å². The highest BCUT2D eigenvalue weighted by Crippen LogP contribution is 2.34. The summed E-state index contributed by atoms with van der Waals surface area (Å²) >= 11 is 5.13. The van der Waals surface area contributed by atoms with Crippen molar-refractivity contribution in [3.8, 4) is 22.3 Å². The molecule has 31 heavy (non-hydrogen) atoms. The average Bonchev–Trinajstić information content (AvgIpc) is 2.72. The van der Waals surface area contributed by atoms with Crippen LogP contribution in [-0.2, 0) is 6.42 Å². The van der Waals surface area contributed by atoms with Gasteiger partial charge in [-0.3, -0.25) is 0 Å². The van der Waals surface area contributed by atoms with Crippen molar-refractivity contribution in [2.45, 2.75) is 25.9 Å². The van der Waals surface area contributed by atoms with Gasteiger partial charge >= 0.3 is 6.18 Å². The zero-order chi connectivity index (χ0) is 22.8. The molecule has 0 heterocycles. The summed E-state index contributed by atoms with van der Waals surface area (Å²) in [5, 5.41) is -1.49. The number of alkyl halides is 3. The maximum atomic E-state index is 14.8. The van der Waals surface area contributed by atoms with Crippen molar-refractivity contribution in [3.63, 3.8) is 0 Å². The lowest BCUT2D eigenvalue weighted by Crippen LogP contribution is -2.06. The fraction of sp³-hybridized carbons (Fsp3) is 0.167. The van der Waals surface area contributed by atoms with Crippen molar-refractivity contribution < 1.29 is 26.3 Å². The zero-order valence-corrected chi connectivity index (χ0v) is 17.1. The van der Waals surface area contributed by atoms with E-state index >= 15 is 0 Å². The number of halogens is 7. The summed E-state index contributed by atoms with van der Waals surface area (Å²) in [5.74, 6) is -3.31. The predicted octanol–water partition coefficient (Wildman–Crippen LogP) is 8.53. The molecule has 0 aliphatic heterocycles. The van der Waals surface area contributed by atoms with Gasteiger partial charge in [-0.05, 0) is 35.3 Å². The molecule has 162 valence electrons. The smallest absolute Gasteiger partial charge is 0.206 e. The van der Waals surface area contributed by atoms with Gasteiger partial charge in [-0.15, -0.1) is 0 Å². The molecule has 3 aromatic carbocycles. The van der Waals surface area contributed by atoms with E-state index in [0.29, 0.717) is 11.6 Å². The second kappa shape index (κ2) is 9.18. The van der Waals surface area contributed by atoms with Crippen LogP contribution < -0.4 is 0 Å². The third-order valence-electron chi connectivity index (χ3n) is 4.75. The Hall–Kier alpha value is -2.73. The van der Waals surface area contributed by atoms with Gasteiger partial charge < -0.3 is 0 Å². The first kappa shape index (κ1) is 22.9. The van der Waals surface area contributed by atoms with Gasteiger partial charge in [0.2, 0.25) is 0 Å². The van der Waals surface area contributed by atoms with Crippen LogP contribution in [-0.4, -0.2) is 6.18 Å². The topological polar surface area (TPSA) is 0 Å². The molecule has 0 bridgehead atoms. The largest absolute Gasteiger partial charge is 0.426 e. The molecule has 0 unspecified atom stereocenters. The van der Waals surface area contributed by atoms with Gasteiger partial charge in [-0.2, -0.15) is 13.2 Å². The molecule has 3 rings (SSSR count). The Bertz CT molecular complexity index is 1110. The van der Waals surface area contributed by atoms with Crippen LogP contribution >= 0.6 is 11.6 Å². The zero-order valence-electron chi connectivity index (χ0n) is 16.3. The third-order valence-corrected chi connectivity index (χ3v) is 5.07. The lowest BCUT2D eigenvalue weighted by atomic mass is 9.97.